The van der Waals surface area contributed by atoms with Crippen molar-refractivity contribution in [2.75, 3.05) is 26.2 Å². The number of nitrogens with zero attached hydrogens (tertiary/aromatic N) is 2. The first-order chi connectivity index (χ1) is 14.3. The van der Waals surface area contributed by atoms with E-state index in [9.17, 15) is 29.4 Å². The van der Waals surface area contributed by atoms with E-state index in [1.807, 2.05) is 0 Å². The maximum atomic E-state index is 12.4. The van der Waals surface area contributed by atoms with Crippen LogP contribution >= 0.6 is 0 Å². The third kappa shape index (κ3) is 20.5. The van der Waals surface area contributed by atoms with Crippen LogP contribution in [0.1, 0.15) is 90.9 Å². The standard InChI is InChI=1S/C22H40N2O6.2Na/c1-3-5-7-9-11-13-19(25)23(17-21(27)28)15-16-24(18-22(29)30)20(26)14-12-10-8-6-4-2;;/h3-18H2,1-2H3,(H,27,28)(H,29,30);;/q;2*+1/p-2. The number of unbranched alkanes of at least 4 members (excludes halogenated alkanes) is 8. The van der Waals surface area contributed by atoms with E-state index in [-0.39, 0.29) is 96.9 Å². The summed E-state index contributed by atoms with van der Waals surface area (Å²) in [5, 5.41) is 22.0. The fourth-order valence-electron chi connectivity index (χ4n) is 3.21. The van der Waals surface area contributed by atoms with Crippen LogP contribution in [0.5, 0.6) is 0 Å². The fraction of sp³-hybridized carbons (Fsp3) is 0.818. The van der Waals surface area contributed by atoms with Gasteiger partial charge in [0, 0.05) is 25.9 Å². The topological polar surface area (TPSA) is 121 Å². The second kappa shape index (κ2) is 24.0. The van der Waals surface area contributed by atoms with Gasteiger partial charge in [-0.1, -0.05) is 65.2 Å². The summed E-state index contributed by atoms with van der Waals surface area (Å²) in [6.07, 6.45) is 9.99. The number of carboxylic acids is 2. The average molecular weight is 473 g/mol. The van der Waals surface area contributed by atoms with E-state index in [1.54, 1.807) is 0 Å². The minimum Gasteiger partial charge on any atom is -0.548 e. The Labute approximate surface area is 237 Å². The largest absolute Gasteiger partial charge is 1.00 e. The number of carbonyl (C=O) groups excluding carboxylic acids is 4. The Hall–Kier alpha value is -0.120. The molecule has 0 spiro atoms. The zero-order valence-electron chi connectivity index (χ0n) is 20.7. The summed E-state index contributed by atoms with van der Waals surface area (Å²) in [5.41, 5.74) is 0. The summed E-state index contributed by atoms with van der Waals surface area (Å²) in [6, 6.07) is 0. The van der Waals surface area contributed by atoms with Crippen LogP contribution in [-0.2, 0) is 19.2 Å². The van der Waals surface area contributed by atoms with Gasteiger partial charge in [-0.05, 0) is 12.8 Å². The number of aliphatic carboxylic acids is 2. The molecule has 0 bridgehead atoms. The Morgan fingerprint density at radius 1 is 0.562 bits per heavy atom. The Morgan fingerprint density at radius 3 is 1.16 bits per heavy atom. The van der Waals surface area contributed by atoms with E-state index < -0.39 is 25.0 Å². The van der Waals surface area contributed by atoms with Crippen molar-refractivity contribution in [3.63, 3.8) is 0 Å². The predicted molar refractivity (Wildman–Crippen MR) is 110 cm³/mol. The van der Waals surface area contributed by atoms with E-state index in [1.165, 1.54) is 0 Å². The van der Waals surface area contributed by atoms with Gasteiger partial charge >= 0.3 is 59.1 Å². The first-order valence-electron chi connectivity index (χ1n) is 11.3. The normalized spacial score (nSPS) is 9.94. The molecule has 0 rings (SSSR count). The zero-order chi connectivity index (χ0) is 22.8. The molecule has 174 valence electrons. The van der Waals surface area contributed by atoms with Gasteiger partial charge in [0.1, 0.15) is 0 Å². The van der Waals surface area contributed by atoms with Crippen molar-refractivity contribution in [3.8, 4) is 0 Å². The quantitative estimate of drug-likeness (QED) is 0.137. The molecule has 2 amide bonds. The molecule has 0 aromatic rings. The van der Waals surface area contributed by atoms with Gasteiger partial charge in [0.25, 0.3) is 0 Å². The molecule has 8 nitrogen and oxygen atoms in total. The Balaban J connectivity index is -0.00000420. The van der Waals surface area contributed by atoms with Crippen molar-refractivity contribution >= 4 is 23.8 Å². The van der Waals surface area contributed by atoms with Crippen LogP contribution < -0.4 is 69.3 Å². The van der Waals surface area contributed by atoms with Gasteiger partial charge in [-0.25, -0.2) is 0 Å². The number of hydrogen-bond donors (Lipinski definition) is 0. The monoisotopic (exact) mass is 472 g/mol. The van der Waals surface area contributed by atoms with Gasteiger partial charge in [-0.15, -0.1) is 0 Å². The van der Waals surface area contributed by atoms with Crippen LogP contribution in [0.15, 0.2) is 0 Å². The van der Waals surface area contributed by atoms with Gasteiger partial charge in [0.05, 0.1) is 25.0 Å². The number of amides is 2. The maximum absolute atomic E-state index is 12.4. The van der Waals surface area contributed by atoms with Crippen LogP contribution in [0, 0.1) is 0 Å². The number of carboxylic acid groups (broad SMARTS) is 2. The SMILES string of the molecule is CCCCCCCC(=O)N(CCN(CC(=O)[O-])C(=O)CCCCCCC)CC(=O)[O-].[Na+].[Na+]. The van der Waals surface area contributed by atoms with Crippen molar-refractivity contribution in [2.24, 2.45) is 0 Å². The molecule has 0 fully saturated rings. The van der Waals surface area contributed by atoms with E-state index in [0.29, 0.717) is 12.8 Å². The van der Waals surface area contributed by atoms with Crippen LogP contribution in [0.2, 0.25) is 0 Å². The Morgan fingerprint density at radius 2 is 0.875 bits per heavy atom. The molecule has 32 heavy (non-hydrogen) atoms. The number of carbonyl (C=O) groups is 4. The first kappa shape index (κ1) is 36.4. The molecule has 0 aliphatic heterocycles. The van der Waals surface area contributed by atoms with Gasteiger partial charge in [-0.2, -0.15) is 0 Å². The summed E-state index contributed by atoms with van der Waals surface area (Å²) in [6.45, 7) is 2.96. The summed E-state index contributed by atoms with van der Waals surface area (Å²) >= 11 is 0. The summed E-state index contributed by atoms with van der Waals surface area (Å²) in [7, 11) is 0. The van der Waals surface area contributed by atoms with Gasteiger partial charge in [0.2, 0.25) is 11.8 Å². The van der Waals surface area contributed by atoms with Crippen molar-refractivity contribution in [3.05, 3.63) is 0 Å². The molecule has 0 heterocycles. The molecule has 0 saturated heterocycles. The summed E-state index contributed by atoms with van der Waals surface area (Å²) in [4.78, 5) is 49.1. The smallest absolute Gasteiger partial charge is 0.548 e. The molecular weight excluding hydrogens is 434 g/mol. The van der Waals surface area contributed by atoms with Crippen molar-refractivity contribution in [1.82, 2.24) is 9.80 Å². The Bertz CT molecular complexity index is 489. The van der Waals surface area contributed by atoms with E-state index in [4.69, 9.17) is 0 Å². The van der Waals surface area contributed by atoms with Crippen molar-refractivity contribution in [2.45, 2.75) is 90.9 Å². The molecular formula is C22H38N2Na2O6. The minimum absolute atomic E-state index is 0. The fourth-order valence-corrected chi connectivity index (χ4v) is 3.21. The van der Waals surface area contributed by atoms with Crippen LogP contribution in [-0.4, -0.2) is 59.7 Å². The Kier molecular flexibility index (Phi) is 27.4. The number of rotatable bonds is 19. The molecule has 0 aromatic carbocycles. The molecule has 0 radical (unpaired) electrons. The molecule has 0 saturated carbocycles. The molecule has 0 aliphatic rings. The third-order valence-corrected chi connectivity index (χ3v) is 4.97. The maximum Gasteiger partial charge on any atom is 1.00 e. The van der Waals surface area contributed by atoms with Crippen LogP contribution in [0.4, 0.5) is 0 Å². The molecule has 0 unspecified atom stereocenters. The van der Waals surface area contributed by atoms with Crippen LogP contribution in [0.25, 0.3) is 0 Å². The van der Waals surface area contributed by atoms with Crippen molar-refractivity contribution < 1.29 is 88.5 Å². The number of hydrogen-bond acceptors (Lipinski definition) is 6. The van der Waals surface area contributed by atoms with Crippen LogP contribution in [0.3, 0.4) is 0 Å². The summed E-state index contributed by atoms with van der Waals surface area (Å²) < 4.78 is 0. The van der Waals surface area contributed by atoms with E-state index in [2.05, 4.69) is 13.8 Å². The molecule has 0 aromatic heterocycles. The van der Waals surface area contributed by atoms with Crippen molar-refractivity contribution in [1.29, 1.82) is 0 Å². The second-order valence-corrected chi connectivity index (χ2v) is 7.70. The van der Waals surface area contributed by atoms with Gasteiger partial charge in [0.15, 0.2) is 0 Å². The third-order valence-electron chi connectivity index (χ3n) is 4.97. The first-order valence-corrected chi connectivity index (χ1v) is 11.3. The summed E-state index contributed by atoms with van der Waals surface area (Å²) in [5.74, 6) is -3.42. The molecule has 10 heteroatoms. The molecule has 0 aliphatic carbocycles. The predicted octanol–water partition coefficient (Wildman–Crippen LogP) is -5.13. The molecule has 0 N–H and O–H groups in total. The van der Waals surface area contributed by atoms with Gasteiger partial charge in [-0.3, -0.25) is 9.59 Å². The van der Waals surface area contributed by atoms with E-state index >= 15 is 0 Å². The van der Waals surface area contributed by atoms with E-state index in [0.717, 1.165) is 61.2 Å². The molecule has 0 atom stereocenters. The average Bonchev–Trinajstić information content (AvgIpc) is 2.68. The zero-order valence-corrected chi connectivity index (χ0v) is 24.7. The minimum atomic E-state index is -1.39. The second-order valence-electron chi connectivity index (χ2n) is 7.70. The van der Waals surface area contributed by atoms with Gasteiger partial charge < -0.3 is 29.6 Å².